The van der Waals surface area contributed by atoms with Crippen molar-refractivity contribution in [1.29, 1.82) is 0 Å². The minimum absolute atomic E-state index is 0.00191. The molecule has 2 heterocycles. The second-order valence-electron chi connectivity index (χ2n) is 7.02. The van der Waals surface area contributed by atoms with Gasteiger partial charge in [0.05, 0.1) is 12.5 Å². The van der Waals surface area contributed by atoms with Gasteiger partial charge in [-0.05, 0) is 35.7 Å². The molecule has 27 heavy (non-hydrogen) atoms. The van der Waals surface area contributed by atoms with E-state index in [1.54, 1.807) is 0 Å². The van der Waals surface area contributed by atoms with Crippen LogP contribution in [0.2, 0.25) is 0 Å². The summed E-state index contributed by atoms with van der Waals surface area (Å²) in [6.07, 6.45) is 1.07. The van der Waals surface area contributed by atoms with Crippen LogP contribution in [0.15, 0.2) is 53.0 Å². The fraction of sp³-hybridized carbons (Fsp3) is 0.333. The van der Waals surface area contributed by atoms with Crippen LogP contribution in [0.4, 0.5) is 5.69 Å². The molecule has 0 aromatic heterocycles. The number of fused-ring (bicyclic) bond motifs is 1. The summed E-state index contributed by atoms with van der Waals surface area (Å²) >= 11 is 3.47. The van der Waals surface area contributed by atoms with Crippen LogP contribution >= 0.6 is 15.9 Å². The molecule has 1 saturated heterocycles. The first-order valence-electron chi connectivity index (χ1n) is 9.27. The fourth-order valence-electron chi connectivity index (χ4n) is 3.85. The Hall–Kier alpha value is -2.18. The number of hydrogen-bond donors (Lipinski definition) is 1. The SMILES string of the molecule is O=C1C(CC(=O)N2CCc3ccccc32)NCCN1Cc1cccc(Br)c1. The van der Waals surface area contributed by atoms with Crippen LogP contribution in [0.3, 0.4) is 0 Å². The molecule has 140 valence electrons. The van der Waals surface area contributed by atoms with Crippen LogP contribution in [-0.2, 0) is 22.6 Å². The molecule has 2 aromatic rings. The highest BCUT2D eigenvalue weighted by atomic mass is 79.9. The van der Waals surface area contributed by atoms with E-state index in [0.29, 0.717) is 26.2 Å². The Bertz CT molecular complexity index is 870. The van der Waals surface area contributed by atoms with Crippen LogP contribution in [-0.4, -0.2) is 42.4 Å². The van der Waals surface area contributed by atoms with Crippen molar-refractivity contribution in [2.24, 2.45) is 0 Å². The molecule has 6 heteroatoms. The summed E-state index contributed by atoms with van der Waals surface area (Å²) in [6.45, 7) is 2.62. The van der Waals surface area contributed by atoms with Crippen molar-refractivity contribution in [1.82, 2.24) is 10.2 Å². The van der Waals surface area contributed by atoms with Gasteiger partial charge in [0.25, 0.3) is 0 Å². The molecule has 2 aromatic carbocycles. The van der Waals surface area contributed by atoms with Gasteiger partial charge >= 0.3 is 0 Å². The van der Waals surface area contributed by atoms with Crippen molar-refractivity contribution in [3.8, 4) is 0 Å². The number of nitrogens with one attached hydrogen (secondary N) is 1. The molecule has 0 radical (unpaired) electrons. The smallest absolute Gasteiger partial charge is 0.240 e. The van der Waals surface area contributed by atoms with Gasteiger partial charge in [-0.25, -0.2) is 0 Å². The third-order valence-electron chi connectivity index (χ3n) is 5.21. The van der Waals surface area contributed by atoms with Crippen LogP contribution < -0.4 is 10.2 Å². The Labute approximate surface area is 167 Å². The lowest BCUT2D eigenvalue weighted by molar-refractivity contribution is -0.138. The van der Waals surface area contributed by atoms with Crippen molar-refractivity contribution in [3.05, 3.63) is 64.1 Å². The lowest BCUT2D eigenvalue weighted by Crippen LogP contribution is -2.56. The van der Waals surface area contributed by atoms with E-state index in [0.717, 1.165) is 22.1 Å². The second kappa shape index (κ2) is 7.82. The van der Waals surface area contributed by atoms with E-state index in [1.165, 1.54) is 5.56 Å². The number of carbonyl (C=O) groups excluding carboxylic acids is 2. The predicted octanol–water partition coefficient (Wildman–Crippen LogP) is 2.73. The number of benzene rings is 2. The van der Waals surface area contributed by atoms with E-state index in [1.807, 2.05) is 52.3 Å². The highest BCUT2D eigenvalue weighted by Gasteiger charge is 2.33. The van der Waals surface area contributed by atoms with Crippen molar-refractivity contribution in [2.45, 2.75) is 25.4 Å². The summed E-state index contributed by atoms with van der Waals surface area (Å²) < 4.78 is 1.00. The molecule has 5 nitrogen and oxygen atoms in total. The summed E-state index contributed by atoms with van der Waals surface area (Å²) in [6, 6.07) is 15.5. The first-order chi connectivity index (χ1) is 13.1. The van der Waals surface area contributed by atoms with Gasteiger partial charge in [0.2, 0.25) is 11.8 Å². The Balaban J connectivity index is 1.42. The lowest BCUT2D eigenvalue weighted by atomic mass is 10.1. The molecular formula is C21H22BrN3O2. The zero-order chi connectivity index (χ0) is 18.8. The van der Waals surface area contributed by atoms with Crippen molar-refractivity contribution in [3.63, 3.8) is 0 Å². The lowest BCUT2D eigenvalue weighted by Gasteiger charge is -2.33. The zero-order valence-corrected chi connectivity index (χ0v) is 16.6. The normalized spacial score (nSPS) is 19.3. The maximum Gasteiger partial charge on any atom is 0.240 e. The Morgan fingerprint density at radius 3 is 2.85 bits per heavy atom. The Morgan fingerprint density at radius 2 is 2.00 bits per heavy atom. The van der Waals surface area contributed by atoms with E-state index in [-0.39, 0.29) is 18.2 Å². The zero-order valence-electron chi connectivity index (χ0n) is 15.0. The standard InChI is InChI=1S/C21H22BrN3O2/c22-17-6-3-4-15(12-17)14-24-11-9-23-18(21(24)27)13-20(26)25-10-8-16-5-1-2-7-19(16)25/h1-7,12,18,23H,8-11,13-14H2. The maximum absolute atomic E-state index is 12.9. The minimum Gasteiger partial charge on any atom is -0.336 e. The van der Waals surface area contributed by atoms with Crippen molar-refractivity contribution < 1.29 is 9.59 Å². The summed E-state index contributed by atoms with van der Waals surface area (Å²) in [7, 11) is 0. The molecule has 1 atom stereocenters. The number of anilines is 1. The molecular weight excluding hydrogens is 406 g/mol. The van der Waals surface area contributed by atoms with Crippen molar-refractivity contribution >= 4 is 33.4 Å². The number of piperazine rings is 1. The minimum atomic E-state index is -0.453. The number of hydrogen-bond acceptors (Lipinski definition) is 3. The van der Waals surface area contributed by atoms with Crippen LogP contribution in [0.25, 0.3) is 0 Å². The average molecular weight is 428 g/mol. The van der Waals surface area contributed by atoms with E-state index < -0.39 is 6.04 Å². The first-order valence-corrected chi connectivity index (χ1v) is 10.1. The monoisotopic (exact) mass is 427 g/mol. The van der Waals surface area contributed by atoms with Gasteiger partial charge < -0.3 is 15.1 Å². The molecule has 1 N–H and O–H groups in total. The number of nitrogens with zero attached hydrogens (tertiary/aromatic N) is 2. The maximum atomic E-state index is 12.9. The number of rotatable bonds is 4. The second-order valence-corrected chi connectivity index (χ2v) is 7.94. The van der Waals surface area contributed by atoms with Crippen LogP contribution in [0.5, 0.6) is 0 Å². The third-order valence-corrected chi connectivity index (χ3v) is 5.70. The van der Waals surface area contributed by atoms with E-state index in [2.05, 4.69) is 27.3 Å². The molecule has 2 aliphatic heterocycles. The van der Waals surface area contributed by atoms with Gasteiger partial charge in [0.1, 0.15) is 0 Å². The summed E-state index contributed by atoms with van der Waals surface area (Å²) in [5.74, 6) is 0.0113. The van der Waals surface area contributed by atoms with Gasteiger partial charge in [0.15, 0.2) is 0 Å². The van der Waals surface area contributed by atoms with E-state index in [9.17, 15) is 9.59 Å². The van der Waals surface area contributed by atoms with Gasteiger partial charge in [-0.1, -0.05) is 46.3 Å². The van der Waals surface area contributed by atoms with Crippen LogP contribution in [0.1, 0.15) is 17.5 Å². The molecule has 0 bridgehead atoms. The number of halogens is 1. The van der Waals surface area contributed by atoms with E-state index in [4.69, 9.17) is 0 Å². The molecule has 1 unspecified atom stereocenters. The fourth-order valence-corrected chi connectivity index (χ4v) is 4.29. The summed E-state index contributed by atoms with van der Waals surface area (Å²) in [5, 5.41) is 3.23. The highest BCUT2D eigenvalue weighted by molar-refractivity contribution is 9.10. The largest absolute Gasteiger partial charge is 0.336 e. The average Bonchev–Trinajstić information content (AvgIpc) is 3.09. The van der Waals surface area contributed by atoms with Crippen molar-refractivity contribution in [2.75, 3.05) is 24.5 Å². The molecule has 0 aliphatic carbocycles. The van der Waals surface area contributed by atoms with Gasteiger partial charge in [-0.15, -0.1) is 0 Å². The molecule has 2 aliphatic rings. The van der Waals surface area contributed by atoms with Crippen LogP contribution in [0, 0.1) is 0 Å². The highest BCUT2D eigenvalue weighted by Crippen LogP contribution is 2.28. The Kier molecular flexibility index (Phi) is 5.27. The Morgan fingerprint density at radius 1 is 1.15 bits per heavy atom. The molecule has 0 saturated carbocycles. The molecule has 4 rings (SSSR count). The molecule has 1 fully saturated rings. The predicted molar refractivity (Wildman–Crippen MR) is 108 cm³/mol. The summed E-state index contributed by atoms with van der Waals surface area (Å²) in [4.78, 5) is 29.4. The molecule has 0 spiro atoms. The number of carbonyl (C=O) groups is 2. The number of para-hydroxylation sites is 1. The number of amides is 2. The summed E-state index contributed by atoms with van der Waals surface area (Å²) in [5.41, 5.74) is 3.26. The van der Waals surface area contributed by atoms with Gasteiger partial charge in [0, 0.05) is 36.3 Å². The third kappa shape index (κ3) is 3.92. The topological polar surface area (TPSA) is 52.7 Å². The quantitative estimate of drug-likeness (QED) is 0.815. The first kappa shape index (κ1) is 18.2. The van der Waals surface area contributed by atoms with E-state index >= 15 is 0 Å². The van der Waals surface area contributed by atoms with Gasteiger partial charge in [-0.2, -0.15) is 0 Å². The molecule has 2 amide bonds. The van der Waals surface area contributed by atoms with Gasteiger partial charge in [-0.3, -0.25) is 9.59 Å².